The summed E-state index contributed by atoms with van der Waals surface area (Å²) in [4.78, 5) is 47.6. The van der Waals surface area contributed by atoms with Crippen molar-refractivity contribution >= 4 is 28.5 Å². The number of piperidine rings is 1. The second kappa shape index (κ2) is 9.50. The Morgan fingerprint density at radius 2 is 1.66 bits per heavy atom. The maximum Gasteiger partial charge on any atom is 0.337 e. The number of benzene rings is 2. The maximum absolute atomic E-state index is 13.9. The average molecular weight is 489 g/mol. The van der Waals surface area contributed by atoms with Gasteiger partial charge in [-0.15, -0.1) is 0 Å². The van der Waals surface area contributed by atoms with Crippen molar-refractivity contribution in [1.29, 1.82) is 0 Å². The van der Waals surface area contributed by atoms with E-state index in [4.69, 9.17) is 11.6 Å². The number of halogens is 1. The molecule has 0 bridgehead atoms. The summed E-state index contributed by atoms with van der Waals surface area (Å²) in [6.45, 7) is 3.04. The number of aryl methyl sites for hydroxylation is 1. The molecular weight excluding hydrogens is 464 g/mol. The highest BCUT2D eigenvalue weighted by Gasteiger charge is 2.26. The largest absolute Gasteiger partial charge is 0.339 e. The summed E-state index contributed by atoms with van der Waals surface area (Å²) in [7, 11) is 0. The summed E-state index contributed by atoms with van der Waals surface area (Å²) in [5.74, 6) is -0.208. The number of hydrogen-bond donors (Lipinski definition) is 0. The Morgan fingerprint density at radius 1 is 0.971 bits per heavy atom. The summed E-state index contributed by atoms with van der Waals surface area (Å²) in [5.41, 5.74) is 1.12. The Labute approximate surface area is 207 Å². The number of carbonyl (C=O) groups excluding carboxylic acids is 1. The van der Waals surface area contributed by atoms with Gasteiger partial charge >= 0.3 is 5.69 Å². The summed E-state index contributed by atoms with van der Waals surface area (Å²) < 4.78 is 2.55. The smallest absolute Gasteiger partial charge is 0.337 e. The van der Waals surface area contributed by atoms with Crippen LogP contribution < -0.4 is 11.2 Å². The fourth-order valence-electron chi connectivity index (χ4n) is 4.64. The summed E-state index contributed by atoms with van der Waals surface area (Å²) in [6.07, 6.45) is 2.94. The van der Waals surface area contributed by atoms with E-state index in [0.717, 1.165) is 23.8 Å². The lowest BCUT2D eigenvalue weighted by atomic mass is 10.1. The number of nitrogens with zero attached hydrogens (tertiary/aromatic N) is 4. The number of carbonyl (C=O) groups is 1. The van der Waals surface area contributed by atoms with Crippen molar-refractivity contribution in [2.75, 3.05) is 13.1 Å². The number of rotatable bonds is 4. The van der Waals surface area contributed by atoms with E-state index in [0.29, 0.717) is 35.1 Å². The molecule has 0 radical (unpaired) electrons. The quantitative estimate of drug-likeness (QED) is 0.431. The third kappa shape index (κ3) is 4.28. The van der Waals surface area contributed by atoms with Crippen LogP contribution in [0.3, 0.4) is 0 Å². The van der Waals surface area contributed by atoms with Crippen LogP contribution in [0.15, 0.2) is 70.3 Å². The second-order valence-electron chi connectivity index (χ2n) is 8.80. The monoisotopic (exact) mass is 488 g/mol. The molecule has 0 aliphatic carbocycles. The molecule has 0 spiro atoms. The Hall–Kier alpha value is -3.71. The van der Waals surface area contributed by atoms with Crippen LogP contribution in [0.5, 0.6) is 0 Å². The molecular formula is C27H25ClN4O3. The average Bonchev–Trinajstić information content (AvgIpc) is 2.88. The number of hydrogen-bond acceptors (Lipinski definition) is 4. The zero-order valence-electron chi connectivity index (χ0n) is 19.4. The van der Waals surface area contributed by atoms with Crippen molar-refractivity contribution < 1.29 is 4.79 Å². The van der Waals surface area contributed by atoms with E-state index in [2.05, 4.69) is 4.98 Å². The lowest BCUT2D eigenvalue weighted by Crippen LogP contribution is -2.42. The third-order valence-electron chi connectivity index (χ3n) is 6.40. The van der Waals surface area contributed by atoms with Gasteiger partial charge in [-0.1, -0.05) is 48.0 Å². The van der Waals surface area contributed by atoms with Gasteiger partial charge in [0.1, 0.15) is 0 Å². The molecule has 35 heavy (non-hydrogen) atoms. The molecule has 1 aliphatic heterocycles. The van der Waals surface area contributed by atoms with E-state index >= 15 is 0 Å². The molecule has 1 saturated heterocycles. The molecule has 0 atom stereocenters. The predicted molar refractivity (Wildman–Crippen MR) is 137 cm³/mol. The van der Waals surface area contributed by atoms with Crippen LogP contribution >= 0.6 is 11.6 Å². The highest BCUT2D eigenvalue weighted by atomic mass is 35.5. The SMILES string of the molecule is Cc1cc(C(=O)N2CCCCC2)c2c(=O)n(Cc3ccccc3Cl)c(=O)n(-c3ccccc3)c2n1. The fraction of sp³-hybridized carbons (Fsp3) is 0.259. The Balaban J connectivity index is 1.83. The van der Waals surface area contributed by atoms with Crippen LogP contribution in [-0.2, 0) is 6.54 Å². The molecule has 0 unspecified atom stereocenters. The van der Waals surface area contributed by atoms with Crippen LogP contribution in [0.25, 0.3) is 16.7 Å². The topological polar surface area (TPSA) is 77.2 Å². The standard InChI is InChI=1S/C27H25ClN4O3/c1-18-16-21(25(33)30-14-8-3-9-15-30)23-24(29-18)32(20-11-4-2-5-12-20)27(35)31(26(23)34)17-19-10-6-7-13-22(19)28/h2,4-7,10-13,16H,3,8-9,14-15,17H2,1H3. The zero-order chi connectivity index (χ0) is 24.5. The van der Waals surface area contributed by atoms with E-state index in [1.54, 1.807) is 54.3 Å². The first-order valence-electron chi connectivity index (χ1n) is 11.7. The number of likely N-dealkylation sites (tertiary alicyclic amines) is 1. The van der Waals surface area contributed by atoms with Crippen molar-refractivity contribution in [3.05, 3.63) is 103 Å². The van der Waals surface area contributed by atoms with Crippen LogP contribution in [0.1, 0.15) is 40.9 Å². The lowest BCUT2D eigenvalue weighted by Gasteiger charge is -2.27. The lowest BCUT2D eigenvalue weighted by molar-refractivity contribution is 0.0726. The number of amides is 1. The molecule has 2 aromatic carbocycles. The summed E-state index contributed by atoms with van der Waals surface area (Å²) in [5, 5.41) is 0.596. The Morgan fingerprint density at radius 3 is 2.37 bits per heavy atom. The zero-order valence-corrected chi connectivity index (χ0v) is 20.2. The van der Waals surface area contributed by atoms with E-state index in [-0.39, 0.29) is 29.0 Å². The molecule has 0 N–H and O–H groups in total. The van der Waals surface area contributed by atoms with Gasteiger partial charge in [0, 0.05) is 23.8 Å². The third-order valence-corrected chi connectivity index (χ3v) is 6.76. The Kier molecular flexibility index (Phi) is 6.26. The first kappa shape index (κ1) is 23.1. The molecule has 1 aliphatic rings. The van der Waals surface area contributed by atoms with Gasteiger partial charge in [-0.25, -0.2) is 14.3 Å². The molecule has 0 saturated carbocycles. The minimum absolute atomic E-state index is 0.0225. The van der Waals surface area contributed by atoms with Gasteiger partial charge in [0.2, 0.25) is 0 Å². The number of pyridine rings is 1. The van der Waals surface area contributed by atoms with E-state index < -0.39 is 11.2 Å². The van der Waals surface area contributed by atoms with Gasteiger partial charge in [0.15, 0.2) is 5.65 Å². The van der Waals surface area contributed by atoms with E-state index in [1.165, 1.54) is 4.57 Å². The molecule has 178 valence electrons. The van der Waals surface area contributed by atoms with Gasteiger partial charge in [-0.2, -0.15) is 0 Å². The highest BCUT2D eigenvalue weighted by Crippen LogP contribution is 2.22. The van der Waals surface area contributed by atoms with Crippen LogP contribution in [-0.4, -0.2) is 38.0 Å². The Bertz CT molecular complexity index is 1540. The first-order chi connectivity index (χ1) is 17.0. The van der Waals surface area contributed by atoms with Gasteiger partial charge < -0.3 is 4.90 Å². The molecule has 5 rings (SSSR count). The highest BCUT2D eigenvalue weighted by molar-refractivity contribution is 6.31. The van der Waals surface area contributed by atoms with Crippen molar-refractivity contribution in [3.63, 3.8) is 0 Å². The molecule has 4 aromatic rings. The number of para-hydroxylation sites is 1. The van der Waals surface area contributed by atoms with Crippen molar-refractivity contribution in [3.8, 4) is 5.69 Å². The van der Waals surface area contributed by atoms with Crippen molar-refractivity contribution in [2.45, 2.75) is 32.7 Å². The van der Waals surface area contributed by atoms with E-state index in [1.807, 2.05) is 18.2 Å². The predicted octanol–water partition coefficient (Wildman–Crippen LogP) is 4.18. The first-order valence-corrected chi connectivity index (χ1v) is 12.1. The van der Waals surface area contributed by atoms with Gasteiger partial charge in [0.05, 0.1) is 23.2 Å². The van der Waals surface area contributed by atoms with Crippen molar-refractivity contribution in [1.82, 2.24) is 19.0 Å². The second-order valence-corrected chi connectivity index (χ2v) is 9.21. The summed E-state index contributed by atoms with van der Waals surface area (Å²) in [6, 6.07) is 17.8. The molecule has 7 nitrogen and oxygen atoms in total. The van der Waals surface area contributed by atoms with Crippen LogP contribution in [0.2, 0.25) is 5.02 Å². The van der Waals surface area contributed by atoms with Gasteiger partial charge in [-0.05, 0) is 56.0 Å². The molecule has 3 heterocycles. The van der Waals surface area contributed by atoms with Crippen molar-refractivity contribution in [2.24, 2.45) is 0 Å². The summed E-state index contributed by atoms with van der Waals surface area (Å²) >= 11 is 6.36. The van der Waals surface area contributed by atoms with Gasteiger partial charge in [-0.3, -0.25) is 14.2 Å². The normalized spacial score (nSPS) is 13.8. The molecule has 1 fully saturated rings. The molecule has 1 amide bonds. The number of aromatic nitrogens is 3. The van der Waals surface area contributed by atoms with E-state index in [9.17, 15) is 14.4 Å². The number of fused-ring (bicyclic) bond motifs is 1. The minimum atomic E-state index is -0.551. The fourth-order valence-corrected chi connectivity index (χ4v) is 4.84. The van der Waals surface area contributed by atoms with Gasteiger partial charge in [0.25, 0.3) is 11.5 Å². The minimum Gasteiger partial charge on any atom is -0.339 e. The van der Waals surface area contributed by atoms with Crippen LogP contribution in [0, 0.1) is 6.92 Å². The molecule has 8 heteroatoms. The molecule has 2 aromatic heterocycles. The van der Waals surface area contributed by atoms with Crippen LogP contribution in [0.4, 0.5) is 0 Å². The maximum atomic E-state index is 13.9.